The SMILES string of the molecule is COc1cc(Oc2ccc(F)cc2Cl)ccc1[N+](=O)[O-]. The van der Waals surface area contributed by atoms with Gasteiger partial charge in [-0.15, -0.1) is 0 Å². The summed E-state index contributed by atoms with van der Waals surface area (Å²) in [4.78, 5) is 10.2. The van der Waals surface area contributed by atoms with Crippen molar-refractivity contribution in [2.75, 3.05) is 7.11 Å². The molecule has 104 valence electrons. The van der Waals surface area contributed by atoms with Crippen LogP contribution < -0.4 is 9.47 Å². The molecule has 0 fully saturated rings. The van der Waals surface area contributed by atoms with Gasteiger partial charge in [0.2, 0.25) is 5.75 Å². The summed E-state index contributed by atoms with van der Waals surface area (Å²) >= 11 is 5.83. The maximum atomic E-state index is 12.9. The van der Waals surface area contributed by atoms with Gasteiger partial charge in [-0.05, 0) is 24.3 Å². The van der Waals surface area contributed by atoms with E-state index < -0.39 is 10.7 Å². The lowest BCUT2D eigenvalue weighted by Gasteiger charge is -2.09. The van der Waals surface area contributed by atoms with Crippen molar-refractivity contribution in [2.45, 2.75) is 0 Å². The van der Waals surface area contributed by atoms with Crippen molar-refractivity contribution in [3.8, 4) is 17.2 Å². The van der Waals surface area contributed by atoms with E-state index in [1.165, 1.54) is 37.4 Å². The second kappa shape index (κ2) is 5.75. The lowest BCUT2D eigenvalue weighted by molar-refractivity contribution is -0.385. The highest BCUT2D eigenvalue weighted by Crippen LogP contribution is 2.35. The highest BCUT2D eigenvalue weighted by Gasteiger charge is 2.16. The van der Waals surface area contributed by atoms with Crippen LogP contribution in [0.5, 0.6) is 17.2 Å². The predicted octanol–water partition coefficient (Wildman–Crippen LogP) is 4.19. The molecule has 0 radical (unpaired) electrons. The number of nitro benzene ring substituents is 1. The van der Waals surface area contributed by atoms with E-state index in [4.69, 9.17) is 21.1 Å². The minimum Gasteiger partial charge on any atom is -0.490 e. The van der Waals surface area contributed by atoms with Gasteiger partial charge >= 0.3 is 5.69 Å². The van der Waals surface area contributed by atoms with Gasteiger partial charge < -0.3 is 9.47 Å². The quantitative estimate of drug-likeness (QED) is 0.627. The molecule has 7 heteroatoms. The molecule has 2 rings (SSSR count). The zero-order chi connectivity index (χ0) is 14.7. The summed E-state index contributed by atoms with van der Waals surface area (Å²) in [5, 5.41) is 10.9. The normalized spacial score (nSPS) is 10.2. The summed E-state index contributed by atoms with van der Waals surface area (Å²) in [6, 6.07) is 7.69. The lowest BCUT2D eigenvalue weighted by atomic mass is 10.2. The molecule has 0 atom stereocenters. The maximum Gasteiger partial charge on any atom is 0.311 e. The molecule has 2 aromatic rings. The Balaban J connectivity index is 2.32. The third kappa shape index (κ3) is 2.97. The van der Waals surface area contributed by atoms with Crippen molar-refractivity contribution in [2.24, 2.45) is 0 Å². The number of hydrogen-bond acceptors (Lipinski definition) is 4. The third-order valence-electron chi connectivity index (χ3n) is 2.47. The van der Waals surface area contributed by atoms with Crippen LogP contribution in [0, 0.1) is 15.9 Å². The monoisotopic (exact) mass is 297 g/mol. The minimum absolute atomic E-state index is 0.0609. The number of halogens is 2. The van der Waals surface area contributed by atoms with E-state index in [1.807, 2.05) is 0 Å². The lowest BCUT2D eigenvalue weighted by Crippen LogP contribution is -1.94. The first-order chi connectivity index (χ1) is 9.51. The zero-order valence-corrected chi connectivity index (χ0v) is 11.1. The van der Waals surface area contributed by atoms with Crippen LogP contribution in [0.1, 0.15) is 0 Å². The molecule has 0 saturated carbocycles. The molecule has 0 amide bonds. The van der Waals surface area contributed by atoms with E-state index in [0.717, 1.165) is 6.07 Å². The first kappa shape index (κ1) is 14.1. The summed E-state index contributed by atoms with van der Waals surface area (Å²) in [5.74, 6) is 0.110. The molecule has 2 aromatic carbocycles. The van der Waals surface area contributed by atoms with Crippen molar-refractivity contribution >= 4 is 17.3 Å². The van der Waals surface area contributed by atoms with Crippen LogP contribution in [-0.4, -0.2) is 12.0 Å². The first-order valence-electron chi connectivity index (χ1n) is 5.46. The molecule has 20 heavy (non-hydrogen) atoms. The number of nitrogens with zero attached hydrogens (tertiary/aromatic N) is 1. The van der Waals surface area contributed by atoms with Gasteiger partial charge in [0.25, 0.3) is 0 Å². The van der Waals surface area contributed by atoms with Crippen LogP contribution >= 0.6 is 11.6 Å². The zero-order valence-electron chi connectivity index (χ0n) is 10.3. The number of ether oxygens (including phenoxy) is 2. The second-order valence-electron chi connectivity index (χ2n) is 3.77. The Kier molecular flexibility index (Phi) is 4.05. The van der Waals surface area contributed by atoms with E-state index >= 15 is 0 Å². The number of hydrogen-bond donors (Lipinski definition) is 0. The van der Waals surface area contributed by atoms with E-state index in [-0.39, 0.29) is 22.2 Å². The third-order valence-corrected chi connectivity index (χ3v) is 2.76. The summed E-state index contributed by atoms with van der Waals surface area (Å²) in [5.41, 5.74) is -0.176. The molecular formula is C13H9ClFNO4. The topological polar surface area (TPSA) is 61.6 Å². The molecule has 0 aliphatic rings. The number of benzene rings is 2. The number of methoxy groups -OCH3 is 1. The Morgan fingerprint density at radius 1 is 1.20 bits per heavy atom. The fraction of sp³-hybridized carbons (Fsp3) is 0.0769. The Morgan fingerprint density at radius 3 is 2.55 bits per heavy atom. The van der Waals surface area contributed by atoms with Crippen molar-refractivity contribution in [3.05, 3.63) is 57.4 Å². The molecule has 0 unspecified atom stereocenters. The van der Waals surface area contributed by atoms with Gasteiger partial charge in [0.1, 0.15) is 17.3 Å². The molecule has 0 saturated heterocycles. The molecular weight excluding hydrogens is 289 g/mol. The Labute approximate surface area is 118 Å². The first-order valence-corrected chi connectivity index (χ1v) is 5.84. The highest BCUT2D eigenvalue weighted by molar-refractivity contribution is 6.32. The van der Waals surface area contributed by atoms with Crippen LogP contribution in [0.25, 0.3) is 0 Å². The van der Waals surface area contributed by atoms with Gasteiger partial charge in [0.05, 0.1) is 17.1 Å². The minimum atomic E-state index is -0.562. The van der Waals surface area contributed by atoms with Crippen LogP contribution in [-0.2, 0) is 0 Å². The standard InChI is InChI=1S/C13H9ClFNO4/c1-19-13-7-9(3-4-11(13)16(17)18)20-12-5-2-8(15)6-10(12)14/h2-7H,1H3. The number of rotatable bonds is 4. The predicted molar refractivity (Wildman–Crippen MR) is 71.1 cm³/mol. The van der Waals surface area contributed by atoms with Gasteiger partial charge in [0, 0.05) is 12.1 Å². The Bertz CT molecular complexity index is 663. The summed E-state index contributed by atoms with van der Waals surface area (Å²) in [7, 11) is 1.32. The molecule has 0 aliphatic heterocycles. The van der Waals surface area contributed by atoms with Crippen molar-refractivity contribution in [1.82, 2.24) is 0 Å². The molecule has 5 nitrogen and oxygen atoms in total. The summed E-state index contributed by atoms with van der Waals surface area (Å²) < 4.78 is 23.3. The number of nitro groups is 1. The molecule has 0 heterocycles. The van der Waals surface area contributed by atoms with E-state index in [2.05, 4.69) is 0 Å². The van der Waals surface area contributed by atoms with Gasteiger partial charge in [-0.2, -0.15) is 0 Å². The smallest absolute Gasteiger partial charge is 0.311 e. The van der Waals surface area contributed by atoms with Gasteiger partial charge in [-0.1, -0.05) is 11.6 Å². The van der Waals surface area contributed by atoms with Crippen LogP contribution in [0.2, 0.25) is 5.02 Å². The summed E-state index contributed by atoms with van der Waals surface area (Å²) in [6.07, 6.45) is 0. The van der Waals surface area contributed by atoms with E-state index in [0.29, 0.717) is 5.75 Å². The van der Waals surface area contributed by atoms with Crippen LogP contribution in [0.4, 0.5) is 10.1 Å². The van der Waals surface area contributed by atoms with Crippen LogP contribution in [0.3, 0.4) is 0 Å². The van der Waals surface area contributed by atoms with E-state index in [9.17, 15) is 14.5 Å². The molecule has 0 aromatic heterocycles. The largest absolute Gasteiger partial charge is 0.490 e. The maximum absolute atomic E-state index is 12.9. The summed E-state index contributed by atoms with van der Waals surface area (Å²) in [6.45, 7) is 0. The average Bonchev–Trinajstić information content (AvgIpc) is 2.41. The van der Waals surface area contributed by atoms with Gasteiger partial charge in [0.15, 0.2) is 0 Å². The Hall–Kier alpha value is -2.34. The second-order valence-corrected chi connectivity index (χ2v) is 4.17. The van der Waals surface area contributed by atoms with Crippen molar-refractivity contribution in [1.29, 1.82) is 0 Å². The van der Waals surface area contributed by atoms with Crippen LogP contribution in [0.15, 0.2) is 36.4 Å². The molecule has 0 N–H and O–H groups in total. The highest BCUT2D eigenvalue weighted by atomic mass is 35.5. The average molecular weight is 298 g/mol. The fourth-order valence-corrected chi connectivity index (χ4v) is 1.76. The van der Waals surface area contributed by atoms with Crippen molar-refractivity contribution < 1.29 is 18.8 Å². The van der Waals surface area contributed by atoms with E-state index in [1.54, 1.807) is 0 Å². The molecule has 0 aliphatic carbocycles. The van der Waals surface area contributed by atoms with Gasteiger partial charge in [-0.3, -0.25) is 10.1 Å². The van der Waals surface area contributed by atoms with Gasteiger partial charge in [-0.25, -0.2) is 4.39 Å². The molecule has 0 bridgehead atoms. The van der Waals surface area contributed by atoms with Crippen molar-refractivity contribution in [3.63, 3.8) is 0 Å². The Morgan fingerprint density at radius 2 is 1.95 bits per heavy atom. The fourth-order valence-electron chi connectivity index (χ4n) is 1.56. The molecule has 0 spiro atoms.